The van der Waals surface area contributed by atoms with E-state index in [1.807, 2.05) is 46.9 Å². The molecule has 0 aliphatic heterocycles. The van der Waals surface area contributed by atoms with Crippen LogP contribution in [-0.2, 0) is 12.8 Å². The molecule has 0 atom stereocenters. The van der Waals surface area contributed by atoms with E-state index in [9.17, 15) is 10.5 Å². The van der Waals surface area contributed by atoms with Crippen LogP contribution in [0.15, 0.2) is 206 Å². The van der Waals surface area contributed by atoms with E-state index in [0.29, 0.717) is 11.1 Å². The third-order valence-electron chi connectivity index (χ3n) is 14.4. The minimum absolute atomic E-state index is 0.700. The zero-order valence-electron chi connectivity index (χ0n) is 37.6. The summed E-state index contributed by atoms with van der Waals surface area (Å²) in [5.41, 5.74) is 20.4. The molecular weight excluding hydrogens is 889 g/mol. The first-order chi connectivity index (χ1) is 34.6. The summed E-state index contributed by atoms with van der Waals surface area (Å²) in [5.74, 6) is 0. The molecule has 12 aromatic rings. The van der Waals surface area contributed by atoms with Gasteiger partial charge in [0.15, 0.2) is 0 Å². The molecule has 10 aromatic carbocycles. The summed E-state index contributed by atoms with van der Waals surface area (Å²) in [5, 5.41) is 24.5. The lowest BCUT2D eigenvalue weighted by Gasteiger charge is -2.26. The van der Waals surface area contributed by atoms with Gasteiger partial charge in [-0.3, -0.25) is 0 Å². The van der Waals surface area contributed by atoms with E-state index >= 15 is 0 Å². The predicted octanol–water partition coefficient (Wildman–Crippen LogP) is 17.9. The highest BCUT2D eigenvalue weighted by molar-refractivity contribution is 7.26. The van der Waals surface area contributed by atoms with E-state index in [-0.39, 0.29) is 0 Å². The molecule has 0 fully saturated rings. The number of para-hydroxylation sites is 2. The van der Waals surface area contributed by atoms with E-state index < -0.39 is 0 Å². The molecule has 0 amide bonds. The van der Waals surface area contributed by atoms with Crippen LogP contribution in [0.3, 0.4) is 0 Å². The topological polar surface area (TPSA) is 54.1 Å². The molecule has 0 saturated heterocycles. The van der Waals surface area contributed by atoms with Crippen LogP contribution in [0.1, 0.15) is 33.4 Å². The van der Waals surface area contributed by atoms with Gasteiger partial charge in [-0.1, -0.05) is 84.9 Å². The Balaban J connectivity index is 0.809. The van der Waals surface area contributed by atoms with E-state index in [1.54, 1.807) is 0 Å². The molecule has 14 rings (SSSR count). The summed E-state index contributed by atoms with van der Waals surface area (Å²) in [4.78, 5) is 4.71. The Hall–Kier alpha value is -8.78. The molecule has 0 N–H and O–H groups in total. The fourth-order valence-electron chi connectivity index (χ4n) is 11.1. The summed E-state index contributed by atoms with van der Waals surface area (Å²) in [6.45, 7) is 0. The SMILES string of the molecule is N#Cc1ccc2c(c1)-c1ccc3sc4ccc(N(c5ccccc5)c5ccc(-c6ccc(N(c7ccccc7)c7ccc8sc9ccc%10c(c9c8c7)Cc7ccc(C#N)cc7-%10)cc6)cc5)cc4c3c1C2. The van der Waals surface area contributed by atoms with Gasteiger partial charge < -0.3 is 9.80 Å². The maximum atomic E-state index is 9.67. The van der Waals surface area contributed by atoms with Gasteiger partial charge in [-0.05, 0) is 190 Å². The van der Waals surface area contributed by atoms with E-state index in [2.05, 4.69) is 204 Å². The maximum Gasteiger partial charge on any atom is 0.0991 e. The molecule has 326 valence electrons. The average molecular weight is 927 g/mol. The summed E-state index contributed by atoms with van der Waals surface area (Å²) in [7, 11) is 0. The number of thiophene rings is 2. The van der Waals surface area contributed by atoms with Crippen molar-refractivity contribution in [1.29, 1.82) is 10.5 Å². The minimum Gasteiger partial charge on any atom is -0.310 e. The Bertz CT molecular complexity index is 3920. The second-order valence-electron chi connectivity index (χ2n) is 18.3. The summed E-state index contributed by atoms with van der Waals surface area (Å²) < 4.78 is 5.11. The first-order valence-corrected chi connectivity index (χ1v) is 25.1. The van der Waals surface area contributed by atoms with Crippen molar-refractivity contribution in [3.8, 4) is 45.5 Å². The van der Waals surface area contributed by atoms with Crippen molar-refractivity contribution < 1.29 is 0 Å². The van der Waals surface area contributed by atoms with Gasteiger partial charge in [0.1, 0.15) is 0 Å². The van der Waals surface area contributed by atoms with Crippen molar-refractivity contribution in [3.05, 3.63) is 240 Å². The fraction of sp³-hybridized carbons (Fsp3) is 0.0312. The van der Waals surface area contributed by atoms with Crippen LogP contribution in [-0.4, -0.2) is 0 Å². The van der Waals surface area contributed by atoms with Crippen molar-refractivity contribution in [3.63, 3.8) is 0 Å². The highest BCUT2D eigenvalue weighted by atomic mass is 32.1. The van der Waals surface area contributed by atoms with E-state index in [4.69, 9.17) is 0 Å². The van der Waals surface area contributed by atoms with Gasteiger partial charge in [0.2, 0.25) is 0 Å². The quantitative estimate of drug-likeness (QED) is 0.160. The Morgan fingerprint density at radius 1 is 0.343 bits per heavy atom. The lowest BCUT2D eigenvalue weighted by molar-refractivity contribution is 1.28. The standard InChI is InChI=1S/C64H38N4S2/c65-37-39-11-13-43-33-55-51(53(43)31-39)25-29-61-63(55)57-35-49(23-27-59(57)69-61)67(45-7-3-1-4-8-45)47-19-15-41(16-20-47)42-17-21-48(22-18-42)68(46-9-5-2-6-10-46)50-24-28-60-58(36-50)64-56-34-44-14-12-40(38-66)32-54(44)52(56)26-30-62(64)70-60/h1-32,35-36H,33-34H2. The molecule has 0 spiro atoms. The van der Waals surface area contributed by atoms with Crippen molar-refractivity contribution in [2.24, 2.45) is 0 Å². The number of nitriles is 2. The van der Waals surface area contributed by atoms with Crippen molar-refractivity contribution in [1.82, 2.24) is 0 Å². The summed E-state index contributed by atoms with van der Waals surface area (Å²) in [6, 6.07) is 78.9. The second kappa shape index (κ2) is 15.9. The van der Waals surface area contributed by atoms with E-state index in [1.165, 1.54) is 84.9 Å². The van der Waals surface area contributed by atoms with Gasteiger partial charge in [-0.25, -0.2) is 0 Å². The molecule has 4 nitrogen and oxygen atoms in total. The Kier molecular flexibility index (Phi) is 9.16. The lowest BCUT2D eigenvalue weighted by atomic mass is 10.00. The van der Waals surface area contributed by atoms with Gasteiger partial charge >= 0.3 is 0 Å². The smallest absolute Gasteiger partial charge is 0.0991 e. The van der Waals surface area contributed by atoms with Crippen LogP contribution in [0.5, 0.6) is 0 Å². The Labute approximate surface area is 413 Å². The molecule has 2 aliphatic carbocycles. The summed E-state index contributed by atoms with van der Waals surface area (Å²) >= 11 is 3.70. The van der Waals surface area contributed by atoms with Crippen LogP contribution < -0.4 is 9.80 Å². The molecule has 2 aromatic heterocycles. The van der Waals surface area contributed by atoms with Crippen LogP contribution in [0, 0.1) is 22.7 Å². The molecule has 2 aliphatic rings. The van der Waals surface area contributed by atoms with Crippen LogP contribution in [0.4, 0.5) is 34.1 Å². The minimum atomic E-state index is 0.700. The Morgan fingerprint density at radius 3 is 1.14 bits per heavy atom. The highest BCUT2D eigenvalue weighted by Crippen LogP contribution is 2.50. The van der Waals surface area contributed by atoms with Crippen LogP contribution >= 0.6 is 22.7 Å². The zero-order chi connectivity index (χ0) is 46.5. The third kappa shape index (κ3) is 6.39. The monoisotopic (exact) mass is 926 g/mol. The largest absolute Gasteiger partial charge is 0.310 e. The van der Waals surface area contributed by atoms with Crippen LogP contribution in [0.2, 0.25) is 0 Å². The number of benzene rings is 10. The highest BCUT2D eigenvalue weighted by Gasteiger charge is 2.26. The van der Waals surface area contributed by atoms with E-state index in [0.717, 1.165) is 58.1 Å². The van der Waals surface area contributed by atoms with Gasteiger partial charge in [-0.2, -0.15) is 10.5 Å². The number of fused-ring (bicyclic) bond motifs is 14. The molecular formula is C64H38N4S2. The lowest BCUT2D eigenvalue weighted by Crippen LogP contribution is -2.10. The number of hydrogen-bond donors (Lipinski definition) is 0. The zero-order valence-corrected chi connectivity index (χ0v) is 39.3. The number of hydrogen-bond acceptors (Lipinski definition) is 6. The Morgan fingerprint density at radius 2 is 0.729 bits per heavy atom. The fourth-order valence-corrected chi connectivity index (χ4v) is 13.4. The molecule has 0 unspecified atom stereocenters. The van der Waals surface area contributed by atoms with Crippen molar-refractivity contribution in [2.45, 2.75) is 12.8 Å². The molecule has 0 saturated carbocycles. The maximum absolute atomic E-state index is 9.67. The molecule has 0 bridgehead atoms. The predicted molar refractivity (Wildman–Crippen MR) is 293 cm³/mol. The van der Waals surface area contributed by atoms with Gasteiger partial charge in [-0.15, -0.1) is 22.7 Å². The van der Waals surface area contributed by atoms with Crippen molar-refractivity contribution in [2.75, 3.05) is 9.80 Å². The first kappa shape index (κ1) is 40.3. The van der Waals surface area contributed by atoms with Crippen LogP contribution in [0.25, 0.3) is 73.7 Å². The molecule has 0 radical (unpaired) electrons. The van der Waals surface area contributed by atoms with Gasteiger partial charge in [0, 0.05) is 74.5 Å². The number of anilines is 6. The first-order valence-electron chi connectivity index (χ1n) is 23.5. The number of nitrogens with zero attached hydrogens (tertiary/aromatic N) is 4. The summed E-state index contributed by atoms with van der Waals surface area (Å²) in [6.07, 6.45) is 1.73. The second-order valence-corrected chi connectivity index (χ2v) is 20.4. The molecule has 2 heterocycles. The van der Waals surface area contributed by atoms with Crippen molar-refractivity contribution >= 4 is 97.1 Å². The third-order valence-corrected chi connectivity index (χ3v) is 16.6. The normalized spacial score (nSPS) is 12.1. The van der Waals surface area contributed by atoms with Gasteiger partial charge in [0.05, 0.1) is 23.3 Å². The van der Waals surface area contributed by atoms with Gasteiger partial charge in [0.25, 0.3) is 0 Å². The molecule has 6 heteroatoms. The average Bonchev–Trinajstić information content (AvgIpc) is 4.19. The number of rotatable bonds is 7. The molecule has 70 heavy (non-hydrogen) atoms.